The Morgan fingerprint density at radius 1 is 1.00 bits per heavy atom. The molecule has 2 aliphatic heterocycles. The highest BCUT2D eigenvalue weighted by atomic mass is 19.1. The van der Waals surface area contributed by atoms with E-state index in [2.05, 4.69) is 16.7 Å². The third kappa shape index (κ3) is 5.23. The highest BCUT2D eigenvalue weighted by molar-refractivity contribution is 5.98. The van der Waals surface area contributed by atoms with Crippen LogP contribution in [0.3, 0.4) is 0 Å². The zero-order valence-corrected chi connectivity index (χ0v) is 19.6. The molecule has 3 aliphatic rings. The number of piperidine rings is 1. The maximum absolute atomic E-state index is 13.6. The lowest BCUT2D eigenvalue weighted by Crippen LogP contribution is -2.55. The maximum atomic E-state index is 13.6. The molecular weight excluding hydrogens is 452 g/mol. The van der Waals surface area contributed by atoms with Gasteiger partial charge in [-0.15, -0.1) is 0 Å². The van der Waals surface area contributed by atoms with Crippen LogP contribution in [-0.4, -0.2) is 40.1 Å². The standard InChI is InChI=1S/C27H31F2N3O3/c28-20-11-17(12-21(29)13-20)14-30-23-4-2-1-3-18(23)9-16-5-6-22-19(10-16)15-32(27(22)35)24-7-8-25(33)31-26(24)34/h5-6,10-13,18,23-24,26,30,34H,1-4,7-9,14-15H2,(H,31,33)/t18-,23+,24?,26?/m1/s1. The SMILES string of the molecule is O=C1CCC(N2Cc3cc(C[C@H]4CCCC[C@@H]4NCc4cc(F)cc(F)c4)ccc3C2=O)C(O)N1. The number of benzene rings is 2. The van der Waals surface area contributed by atoms with Crippen LogP contribution in [0.25, 0.3) is 0 Å². The van der Waals surface area contributed by atoms with Gasteiger partial charge in [-0.2, -0.15) is 0 Å². The first-order valence-corrected chi connectivity index (χ1v) is 12.5. The number of hydrogen-bond acceptors (Lipinski definition) is 4. The van der Waals surface area contributed by atoms with Crippen LogP contribution >= 0.6 is 0 Å². The van der Waals surface area contributed by atoms with E-state index in [0.29, 0.717) is 43.0 Å². The van der Waals surface area contributed by atoms with E-state index in [4.69, 9.17) is 0 Å². The van der Waals surface area contributed by atoms with Crippen molar-refractivity contribution >= 4 is 11.8 Å². The molecule has 0 spiro atoms. The van der Waals surface area contributed by atoms with Gasteiger partial charge in [0.15, 0.2) is 0 Å². The molecular formula is C27H31F2N3O3. The highest BCUT2D eigenvalue weighted by Crippen LogP contribution is 2.32. The molecule has 8 heteroatoms. The number of carbonyl (C=O) groups excluding carboxylic acids is 2. The second-order valence-corrected chi connectivity index (χ2v) is 10.1. The zero-order valence-electron chi connectivity index (χ0n) is 19.6. The van der Waals surface area contributed by atoms with Crippen LogP contribution in [0.2, 0.25) is 0 Å². The molecule has 6 nitrogen and oxygen atoms in total. The van der Waals surface area contributed by atoms with Gasteiger partial charge in [0.25, 0.3) is 5.91 Å². The summed E-state index contributed by atoms with van der Waals surface area (Å²) < 4.78 is 27.1. The number of fused-ring (bicyclic) bond motifs is 1. The van der Waals surface area contributed by atoms with Gasteiger partial charge in [-0.05, 0) is 66.5 Å². The first kappa shape index (κ1) is 23.9. The topological polar surface area (TPSA) is 81.7 Å². The summed E-state index contributed by atoms with van der Waals surface area (Å²) in [7, 11) is 0. The van der Waals surface area contributed by atoms with Gasteiger partial charge in [0.1, 0.15) is 17.9 Å². The van der Waals surface area contributed by atoms with Gasteiger partial charge < -0.3 is 20.6 Å². The van der Waals surface area contributed by atoms with E-state index in [9.17, 15) is 23.5 Å². The van der Waals surface area contributed by atoms with Gasteiger partial charge in [0.2, 0.25) is 5.91 Å². The molecule has 5 rings (SSSR count). The largest absolute Gasteiger partial charge is 0.372 e. The third-order valence-corrected chi connectivity index (χ3v) is 7.64. The van der Waals surface area contributed by atoms with E-state index in [-0.39, 0.29) is 17.9 Å². The van der Waals surface area contributed by atoms with Gasteiger partial charge in [0.05, 0.1) is 6.04 Å². The number of hydrogen-bond donors (Lipinski definition) is 3. The molecule has 3 N–H and O–H groups in total. The van der Waals surface area contributed by atoms with E-state index in [1.807, 2.05) is 12.1 Å². The molecule has 186 valence electrons. The van der Waals surface area contributed by atoms with Crippen LogP contribution in [0, 0.1) is 17.6 Å². The number of nitrogens with zero attached hydrogens (tertiary/aromatic N) is 1. The highest BCUT2D eigenvalue weighted by Gasteiger charge is 2.39. The number of nitrogens with one attached hydrogen (secondary N) is 2. The number of rotatable bonds is 6. The van der Waals surface area contributed by atoms with Gasteiger partial charge >= 0.3 is 0 Å². The molecule has 4 atom stereocenters. The number of halogens is 2. The Kier molecular flexibility index (Phi) is 6.84. The first-order chi connectivity index (χ1) is 16.9. The molecule has 1 aliphatic carbocycles. The van der Waals surface area contributed by atoms with Gasteiger partial charge in [0, 0.05) is 37.2 Å². The normalized spacial score (nSPS) is 26.5. The Balaban J connectivity index is 1.25. The predicted molar refractivity (Wildman–Crippen MR) is 126 cm³/mol. The molecule has 2 fully saturated rings. The van der Waals surface area contributed by atoms with Crippen LogP contribution in [0.1, 0.15) is 65.6 Å². The summed E-state index contributed by atoms with van der Waals surface area (Å²) in [5, 5.41) is 16.3. The van der Waals surface area contributed by atoms with E-state index in [1.54, 1.807) is 4.90 Å². The minimum absolute atomic E-state index is 0.105. The van der Waals surface area contributed by atoms with Crippen LogP contribution in [0.4, 0.5) is 8.78 Å². The maximum Gasteiger partial charge on any atom is 0.254 e. The summed E-state index contributed by atoms with van der Waals surface area (Å²) in [6.45, 7) is 0.848. The minimum atomic E-state index is -1.05. The summed E-state index contributed by atoms with van der Waals surface area (Å²) in [4.78, 5) is 26.2. The van der Waals surface area contributed by atoms with Crippen molar-refractivity contribution in [2.75, 3.05) is 0 Å². The fourth-order valence-corrected chi connectivity index (χ4v) is 5.87. The average molecular weight is 484 g/mol. The van der Waals surface area contributed by atoms with Crippen molar-refractivity contribution in [3.8, 4) is 0 Å². The summed E-state index contributed by atoms with van der Waals surface area (Å²) >= 11 is 0. The molecule has 2 aromatic carbocycles. The summed E-state index contributed by atoms with van der Waals surface area (Å²) in [6, 6.07) is 9.43. The Labute approximate surface area is 203 Å². The number of carbonyl (C=O) groups is 2. The van der Waals surface area contributed by atoms with Crippen LogP contribution in [0.15, 0.2) is 36.4 Å². The molecule has 2 heterocycles. The first-order valence-electron chi connectivity index (χ1n) is 12.5. The molecule has 2 amide bonds. The van der Waals surface area contributed by atoms with Crippen molar-refractivity contribution in [2.45, 2.75) is 76.3 Å². The molecule has 35 heavy (non-hydrogen) atoms. The second-order valence-electron chi connectivity index (χ2n) is 10.1. The van der Waals surface area contributed by atoms with Crippen molar-refractivity contribution in [3.05, 3.63) is 70.3 Å². The Morgan fingerprint density at radius 2 is 1.77 bits per heavy atom. The van der Waals surface area contributed by atoms with Gasteiger partial charge in [-0.1, -0.05) is 25.0 Å². The van der Waals surface area contributed by atoms with Gasteiger partial charge in [-0.25, -0.2) is 8.78 Å². The lowest BCUT2D eigenvalue weighted by molar-refractivity contribution is -0.129. The minimum Gasteiger partial charge on any atom is -0.372 e. The lowest BCUT2D eigenvalue weighted by Gasteiger charge is -2.35. The zero-order chi connectivity index (χ0) is 24.5. The van der Waals surface area contributed by atoms with Crippen molar-refractivity contribution in [3.63, 3.8) is 0 Å². The molecule has 1 saturated carbocycles. The van der Waals surface area contributed by atoms with Crippen molar-refractivity contribution in [1.29, 1.82) is 0 Å². The smallest absolute Gasteiger partial charge is 0.254 e. The van der Waals surface area contributed by atoms with E-state index >= 15 is 0 Å². The Morgan fingerprint density at radius 3 is 2.54 bits per heavy atom. The van der Waals surface area contributed by atoms with E-state index in [1.165, 1.54) is 12.1 Å². The lowest BCUT2D eigenvalue weighted by atomic mass is 9.80. The fourth-order valence-electron chi connectivity index (χ4n) is 5.87. The Hall–Kier alpha value is -2.84. The van der Waals surface area contributed by atoms with E-state index < -0.39 is 23.9 Å². The molecule has 2 unspecified atom stereocenters. The summed E-state index contributed by atoms with van der Waals surface area (Å²) in [5.41, 5.74) is 3.37. The summed E-state index contributed by atoms with van der Waals surface area (Å²) in [5.74, 6) is -1.04. The Bertz CT molecular complexity index is 1100. The molecule has 2 aromatic rings. The summed E-state index contributed by atoms with van der Waals surface area (Å²) in [6.07, 6.45) is 4.93. The molecule has 1 saturated heterocycles. The number of amides is 2. The second kappa shape index (κ2) is 10.0. The molecule has 0 radical (unpaired) electrons. The molecule has 0 aromatic heterocycles. The van der Waals surface area contributed by atoms with Crippen LogP contribution < -0.4 is 10.6 Å². The average Bonchev–Trinajstić information content (AvgIpc) is 3.13. The van der Waals surface area contributed by atoms with Crippen LogP contribution in [-0.2, 0) is 24.3 Å². The third-order valence-electron chi connectivity index (χ3n) is 7.64. The van der Waals surface area contributed by atoms with Crippen molar-refractivity contribution < 1.29 is 23.5 Å². The van der Waals surface area contributed by atoms with Crippen molar-refractivity contribution in [1.82, 2.24) is 15.5 Å². The van der Waals surface area contributed by atoms with Crippen molar-refractivity contribution in [2.24, 2.45) is 5.92 Å². The predicted octanol–water partition coefficient (Wildman–Crippen LogP) is 3.41. The quantitative estimate of drug-likeness (QED) is 0.588. The monoisotopic (exact) mass is 483 g/mol. The van der Waals surface area contributed by atoms with Crippen LogP contribution in [0.5, 0.6) is 0 Å². The number of aliphatic hydroxyl groups is 1. The molecule has 0 bridgehead atoms. The number of aliphatic hydroxyl groups excluding tert-OH is 1. The fraction of sp³-hybridized carbons (Fsp3) is 0.481. The van der Waals surface area contributed by atoms with E-state index in [0.717, 1.165) is 49.3 Å². The van der Waals surface area contributed by atoms with Gasteiger partial charge in [-0.3, -0.25) is 9.59 Å².